The number of aromatic nitrogens is 1. The largest absolute Gasteiger partial charge is 0.465 e. The molecule has 0 fully saturated rings. The van der Waals surface area contributed by atoms with Gasteiger partial charge in [0.05, 0.1) is 0 Å². The van der Waals surface area contributed by atoms with Gasteiger partial charge in [0.2, 0.25) is 0 Å². The number of aryl methyl sites for hydroxylation is 1. The zero-order chi connectivity index (χ0) is 15.7. The van der Waals surface area contributed by atoms with Gasteiger partial charge < -0.3 is 9.67 Å². The first-order chi connectivity index (χ1) is 10.5. The summed E-state index contributed by atoms with van der Waals surface area (Å²) in [4.78, 5) is 10.7. The second-order valence-electron chi connectivity index (χ2n) is 5.20. The Morgan fingerprint density at radius 3 is 2.59 bits per heavy atom. The third-order valence-corrected chi connectivity index (χ3v) is 3.87. The zero-order valence-corrected chi connectivity index (χ0v) is 12.8. The van der Waals surface area contributed by atoms with Gasteiger partial charge in [-0.1, -0.05) is 23.7 Å². The Hall–Kier alpha value is -2.46. The number of rotatable bonds is 3. The predicted molar refractivity (Wildman–Crippen MR) is 88.9 cm³/mol. The first-order valence-corrected chi connectivity index (χ1v) is 7.25. The molecule has 0 bridgehead atoms. The molecule has 0 aliphatic heterocycles. The lowest BCUT2D eigenvalue weighted by Gasteiger charge is -2.09. The first kappa shape index (κ1) is 14.5. The summed E-state index contributed by atoms with van der Waals surface area (Å²) in [6.07, 6.45) is -1.06. The molecule has 112 valence electrons. The van der Waals surface area contributed by atoms with Crippen molar-refractivity contribution in [3.63, 3.8) is 0 Å². The van der Waals surface area contributed by atoms with E-state index in [1.54, 1.807) is 6.07 Å². The van der Waals surface area contributed by atoms with Crippen LogP contribution in [-0.4, -0.2) is 15.8 Å². The second-order valence-corrected chi connectivity index (χ2v) is 5.64. The number of hydrogen-bond donors (Lipinski definition) is 2. The maximum atomic E-state index is 10.7. The summed E-state index contributed by atoms with van der Waals surface area (Å²) in [5, 5.41) is 12.9. The van der Waals surface area contributed by atoms with Gasteiger partial charge in [-0.05, 0) is 48.9 Å². The van der Waals surface area contributed by atoms with Gasteiger partial charge in [0, 0.05) is 33.9 Å². The number of fused-ring (bicyclic) bond motifs is 1. The molecular formula is C17H15ClN2O2. The summed E-state index contributed by atoms with van der Waals surface area (Å²) in [7, 11) is 0. The summed E-state index contributed by atoms with van der Waals surface area (Å²) in [5.74, 6) is 0. The summed E-state index contributed by atoms with van der Waals surface area (Å²) in [6, 6.07) is 15.4. The Morgan fingerprint density at radius 2 is 1.91 bits per heavy atom. The fourth-order valence-corrected chi connectivity index (χ4v) is 2.72. The van der Waals surface area contributed by atoms with E-state index < -0.39 is 6.09 Å². The molecule has 0 radical (unpaired) electrons. The lowest BCUT2D eigenvalue weighted by atomic mass is 10.2. The quantitative estimate of drug-likeness (QED) is 0.733. The van der Waals surface area contributed by atoms with Crippen LogP contribution < -0.4 is 5.32 Å². The van der Waals surface area contributed by atoms with Crippen molar-refractivity contribution in [2.45, 2.75) is 13.5 Å². The molecular weight excluding hydrogens is 300 g/mol. The number of halogens is 1. The minimum Gasteiger partial charge on any atom is -0.465 e. The van der Waals surface area contributed by atoms with E-state index in [9.17, 15) is 4.79 Å². The van der Waals surface area contributed by atoms with Crippen LogP contribution in [0.5, 0.6) is 0 Å². The Kier molecular flexibility index (Phi) is 3.77. The average Bonchev–Trinajstić information content (AvgIpc) is 2.76. The third kappa shape index (κ3) is 2.92. The molecule has 0 atom stereocenters. The van der Waals surface area contributed by atoms with Crippen molar-refractivity contribution in [1.82, 2.24) is 4.57 Å². The van der Waals surface area contributed by atoms with Crippen LogP contribution in [0.25, 0.3) is 10.9 Å². The highest BCUT2D eigenvalue weighted by atomic mass is 35.5. The van der Waals surface area contributed by atoms with Gasteiger partial charge >= 0.3 is 6.09 Å². The van der Waals surface area contributed by atoms with Gasteiger partial charge in [-0.2, -0.15) is 0 Å². The number of hydrogen-bond acceptors (Lipinski definition) is 1. The van der Waals surface area contributed by atoms with Crippen LogP contribution in [0, 0.1) is 6.92 Å². The van der Waals surface area contributed by atoms with Crippen molar-refractivity contribution < 1.29 is 9.90 Å². The van der Waals surface area contributed by atoms with Crippen LogP contribution >= 0.6 is 11.6 Å². The van der Waals surface area contributed by atoms with E-state index in [1.807, 2.05) is 43.3 Å². The van der Waals surface area contributed by atoms with Crippen LogP contribution in [0.2, 0.25) is 5.02 Å². The normalized spacial score (nSPS) is 10.8. The van der Waals surface area contributed by atoms with Gasteiger partial charge in [-0.3, -0.25) is 5.32 Å². The van der Waals surface area contributed by atoms with E-state index in [2.05, 4.69) is 16.0 Å². The third-order valence-electron chi connectivity index (χ3n) is 3.61. The van der Waals surface area contributed by atoms with Crippen molar-refractivity contribution in [1.29, 1.82) is 0 Å². The summed E-state index contributed by atoms with van der Waals surface area (Å²) in [5.41, 5.74) is 3.93. The minimum absolute atomic E-state index is 0.573. The molecule has 0 saturated heterocycles. The van der Waals surface area contributed by atoms with Crippen LogP contribution in [-0.2, 0) is 6.54 Å². The lowest BCUT2D eigenvalue weighted by Crippen LogP contribution is -2.07. The molecule has 1 amide bonds. The number of anilines is 1. The predicted octanol–water partition coefficient (Wildman–Crippen LogP) is 4.74. The molecule has 0 unspecified atom stereocenters. The lowest BCUT2D eigenvalue weighted by molar-refractivity contribution is 0.210. The highest BCUT2D eigenvalue weighted by Crippen LogP contribution is 2.24. The van der Waals surface area contributed by atoms with Crippen molar-refractivity contribution in [2.24, 2.45) is 0 Å². The van der Waals surface area contributed by atoms with Crippen molar-refractivity contribution in [3.8, 4) is 0 Å². The molecule has 0 aliphatic carbocycles. The maximum absolute atomic E-state index is 10.7. The van der Waals surface area contributed by atoms with Gasteiger partial charge in [0.1, 0.15) is 0 Å². The number of carbonyl (C=O) groups is 1. The molecule has 1 aromatic heterocycles. The Labute approximate surface area is 132 Å². The molecule has 0 aliphatic rings. The molecule has 0 saturated carbocycles. The van der Waals surface area contributed by atoms with E-state index in [4.69, 9.17) is 16.7 Å². The van der Waals surface area contributed by atoms with E-state index in [0.717, 1.165) is 33.7 Å². The van der Waals surface area contributed by atoms with Crippen LogP contribution in [0.15, 0.2) is 48.5 Å². The summed E-state index contributed by atoms with van der Waals surface area (Å²) >= 11 is 5.92. The standard InChI is InChI=1S/C17H15ClN2O2/c1-11-8-13-9-15(19-17(21)22)6-7-16(13)20(11)10-12-2-4-14(18)5-3-12/h2-9,19H,10H2,1H3,(H,21,22). The first-order valence-electron chi connectivity index (χ1n) is 6.87. The number of amides is 1. The Morgan fingerprint density at radius 1 is 1.18 bits per heavy atom. The summed E-state index contributed by atoms with van der Waals surface area (Å²) in [6.45, 7) is 2.79. The number of nitrogens with one attached hydrogen (secondary N) is 1. The minimum atomic E-state index is -1.06. The van der Waals surface area contributed by atoms with Crippen LogP contribution in [0.4, 0.5) is 10.5 Å². The monoisotopic (exact) mass is 314 g/mol. The molecule has 22 heavy (non-hydrogen) atoms. The van der Waals surface area contributed by atoms with Crippen LogP contribution in [0.3, 0.4) is 0 Å². The van der Waals surface area contributed by atoms with E-state index in [1.165, 1.54) is 0 Å². The van der Waals surface area contributed by atoms with Crippen LogP contribution in [0.1, 0.15) is 11.3 Å². The highest BCUT2D eigenvalue weighted by molar-refractivity contribution is 6.30. The molecule has 3 rings (SSSR count). The van der Waals surface area contributed by atoms with Crippen molar-refractivity contribution in [3.05, 3.63) is 64.8 Å². The fourth-order valence-electron chi connectivity index (χ4n) is 2.59. The number of carboxylic acid groups (broad SMARTS) is 1. The molecule has 2 aromatic carbocycles. The zero-order valence-electron chi connectivity index (χ0n) is 12.0. The van der Waals surface area contributed by atoms with Crippen molar-refractivity contribution >= 4 is 34.3 Å². The molecule has 5 heteroatoms. The molecule has 4 nitrogen and oxygen atoms in total. The Bertz CT molecular complexity index is 838. The van der Waals surface area contributed by atoms with Gasteiger partial charge in [0.25, 0.3) is 0 Å². The molecule has 3 aromatic rings. The number of nitrogens with zero attached hydrogens (tertiary/aromatic N) is 1. The van der Waals surface area contributed by atoms with Crippen molar-refractivity contribution in [2.75, 3.05) is 5.32 Å². The van der Waals surface area contributed by atoms with E-state index >= 15 is 0 Å². The maximum Gasteiger partial charge on any atom is 0.409 e. The molecule has 0 spiro atoms. The Balaban J connectivity index is 1.97. The average molecular weight is 315 g/mol. The second kappa shape index (κ2) is 5.73. The van der Waals surface area contributed by atoms with Gasteiger partial charge in [0.15, 0.2) is 0 Å². The van der Waals surface area contributed by atoms with Gasteiger partial charge in [-0.15, -0.1) is 0 Å². The number of benzene rings is 2. The smallest absolute Gasteiger partial charge is 0.409 e. The molecule has 1 heterocycles. The topological polar surface area (TPSA) is 54.3 Å². The molecule has 2 N–H and O–H groups in total. The van der Waals surface area contributed by atoms with Gasteiger partial charge in [-0.25, -0.2) is 4.79 Å². The highest BCUT2D eigenvalue weighted by Gasteiger charge is 2.08. The van der Waals surface area contributed by atoms with E-state index in [0.29, 0.717) is 5.69 Å². The SMILES string of the molecule is Cc1cc2cc(NC(=O)O)ccc2n1Cc1ccc(Cl)cc1. The fraction of sp³-hybridized carbons (Fsp3) is 0.118. The van der Waals surface area contributed by atoms with E-state index in [-0.39, 0.29) is 0 Å². The summed E-state index contributed by atoms with van der Waals surface area (Å²) < 4.78 is 2.20.